The lowest BCUT2D eigenvalue weighted by molar-refractivity contribution is -0.137. The zero-order valence-corrected chi connectivity index (χ0v) is 21.1. The molecule has 0 saturated carbocycles. The maximum Gasteiger partial charge on any atom is 0.303 e. The maximum absolute atomic E-state index is 15.5. The predicted octanol–water partition coefficient (Wildman–Crippen LogP) is 5.93. The van der Waals surface area contributed by atoms with Crippen molar-refractivity contribution in [3.63, 3.8) is 0 Å². The van der Waals surface area contributed by atoms with Crippen molar-refractivity contribution < 1.29 is 19.0 Å². The number of ether oxygens (including phenoxy) is 1. The van der Waals surface area contributed by atoms with Gasteiger partial charge in [0.1, 0.15) is 11.9 Å². The molecule has 0 bridgehead atoms. The molecular formula is C27H34FN3O3S. The molecule has 4 rings (SSSR count). The molecule has 0 spiro atoms. The number of hydrogen-bond acceptors (Lipinski definition) is 6. The number of benzene rings is 1. The molecule has 188 valence electrons. The Morgan fingerprint density at radius 3 is 2.91 bits per heavy atom. The lowest BCUT2D eigenvalue weighted by Crippen LogP contribution is -2.41. The average Bonchev–Trinajstić information content (AvgIpc) is 3.39. The van der Waals surface area contributed by atoms with Gasteiger partial charge in [-0.1, -0.05) is 0 Å². The zero-order valence-electron chi connectivity index (χ0n) is 20.2. The van der Waals surface area contributed by atoms with Crippen molar-refractivity contribution in [2.45, 2.75) is 51.1 Å². The third-order valence-electron chi connectivity index (χ3n) is 7.16. The van der Waals surface area contributed by atoms with Crippen molar-refractivity contribution in [1.29, 1.82) is 0 Å². The van der Waals surface area contributed by atoms with E-state index in [4.69, 9.17) is 4.74 Å². The highest BCUT2D eigenvalue weighted by molar-refractivity contribution is 7.09. The number of halogens is 1. The molecule has 3 heterocycles. The van der Waals surface area contributed by atoms with Crippen LogP contribution in [-0.2, 0) is 11.2 Å². The second-order valence-corrected chi connectivity index (χ2v) is 10.4. The molecule has 3 aromatic rings. The van der Waals surface area contributed by atoms with Crippen molar-refractivity contribution in [2.24, 2.45) is 11.8 Å². The summed E-state index contributed by atoms with van der Waals surface area (Å²) in [4.78, 5) is 22.4. The van der Waals surface area contributed by atoms with Gasteiger partial charge in [-0.05, 0) is 86.9 Å². The Balaban J connectivity index is 1.36. The van der Waals surface area contributed by atoms with E-state index in [-0.39, 0.29) is 12.3 Å². The molecule has 0 amide bonds. The molecule has 1 fully saturated rings. The quantitative estimate of drug-likeness (QED) is 0.333. The number of hydrogen-bond donors (Lipinski definition) is 1. The first-order valence-corrected chi connectivity index (χ1v) is 13.3. The Kier molecular flexibility index (Phi) is 9.04. The number of rotatable bonds is 12. The molecule has 1 N–H and O–H groups in total. The van der Waals surface area contributed by atoms with Gasteiger partial charge in [0.15, 0.2) is 0 Å². The van der Waals surface area contributed by atoms with Crippen LogP contribution in [0.25, 0.3) is 10.9 Å². The average molecular weight is 500 g/mol. The van der Waals surface area contributed by atoms with Crippen molar-refractivity contribution in [1.82, 2.24) is 14.9 Å². The van der Waals surface area contributed by atoms with Crippen LogP contribution in [0, 0.1) is 11.8 Å². The van der Waals surface area contributed by atoms with Crippen LogP contribution in [0.15, 0.2) is 42.0 Å². The van der Waals surface area contributed by atoms with Crippen LogP contribution in [0.4, 0.5) is 4.39 Å². The normalized spacial score (nSPS) is 19.6. The molecule has 8 heteroatoms. The van der Waals surface area contributed by atoms with E-state index >= 15 is 4.39 Å². The number of alkyl halides is 1. The number of carboxylic acids is 1. The number of likely N-dealkylation sites (tertiary alicyclic amines) is 1. The fourth-order valence-electron chi connectivity index (χ4n) is 5.27. The molecule has 0 radical (unpaired) electrons. The topological polar surface area (TPSA) is 75.5 Å². The van der Waals surface area contributed by atoms with Gasteiger partial charge >= 0.3 is 5.97 Å². The number of pyridine rings is 1. The Hall–Kier alpha value is -2.58. The molecule has 1 aromatic carbocycles. The molecule has 2 aromatic heterocycles. The van der Waals surface area contributed by atoms with Crippen LogP contribution < -0.4 is 4.74 Å². The fourth-order valence-corrected chi connectivity index (χ4v) is 5.93. The third-order valence-corrected chi connectivity index (χ3v) is 8.00. The minimum Gasteiger partial charge on any atom is -0.497 e. The molecular weight excluding hydrogens is 465 g/mol. The van der Waals surface area contributed by atoms with Crippen LogP contribution in [0.1, 0.15) is 55.3 Å². The number of piperidine rings is 1. The summed E-state index contributed by atoms with van der Waals surface area (Å²) < 4.78 is 20.8. The van der Waals surface area contributed by atoms with Gasteiger partial charge in [-0.15, -0.1) is 11.3 Å². The van der Waals surface area contributed by atoms with Crippen LogP contribution in [0.2, 0.25) is 0 Å². The Morgan fingerprint density at radius 1 is 1.26 bits per heavy atom. The molecule has 1 saturated heterocycles. The number of carbonyl (C=O) groups is 1. The van der Waals surface area contributed by atoms with E-state index in [0.717, 1.165) is 61.2 Å². The number of aryl methyl sites for hydroxylation is 1. The van der Waals surface area contributed by atoms with Gasteiger partial charge < -0.3 is 14.7 Å². The smallest absolute Gasteiger partial charge is 0.303 e. The van der Waals surface area contributed by atoms with Crippen LogP contribution in [-0.4, -0.2) is 52.7 Å². The largest absolute Gasteiger partial charge is 0.497 e. The van der Waals surface area contributed by atoms with Crippen molar-refractivity contribution in [3.05, 3.63) is 52.6 Å². The molecule has 0 unspecified atom stereocenters. The first-order valence-electron chi connectivity index (χ1n) is 12.4. The molecule has 1 aliphatic heterocycles. The number of aromatic nitrogens is 2. The summed E-state index contributed by atoms with van der Waals surface area (Å²) in [5.74, 6) is 0.548. The maximum atomic E-state index is 15.5. The minimum absolute atomic E-state index is 0.169. The van der Waals surface area contributed by atoms with Crippen LogP contribution >= 0.6 is 11.3 Å². The molecule has 1 aliphatic rings. The fraction of sp³-hybridized carbons (Fsp3) is 0.519. The monoisotopic (exact) mass is 499 g/mol. The summed E-state index contributed by atoms with van der Waals surface area (Å²) in [7, 11) is 1.60. The first-order chi connectivity index (χ1) is 17.0. The summed E-state index contributed by atoms with van der Waals surface area (Å²) in [5.41, 5.74) is 1.41. The molecule has 0 aliphatic carbocycles. The number of fused-ring (bicyclic) bond motifs is 1. The van der Waals surface area contributed by atoms with Crippen molar-refractivity contribution in [3.8, 4) is 5.75 Å². The second-order valence-electron chi connectivity index (χ2n) is 9.40. The number of methoxy groups -OCH3 is 1. The van der Waals surface area contributed by atoms with Gasteiger partial charge in [0.05, 0.1) is 17.6 Å². The van der Waals surface area contributed by atoms with Crippen molar-refractivity contribution in [2.75, 3.05) is 26.7 Å². The minimum atomic E-state index is -1.09. The van der Waals surface area contributed by atoms with Gasteiger partial charge in [0, 0.05) is 42.5 Å². The summed E-state index contributed by atoms with van der Waals surface area (Å²) in [6.07, 6.45) is 7.43. The Morgan fingerprint density at radius 2 is 2.14 bits per heavy atom. The molecule has 3 atom stereocenters. The van der Waals surface area contributed by atoms with Gasteiger partial charge in [-0.2, -0.15) is 0 Å². The summed E-state index contributed by atoms with van der Waals surface area (Å²) in [6.45, 7) is 2.87. The summed E-state index contributed by atoms with van der Waals surface area (Å²) >= 11 is 1.69. The second kappa shape index (κ2) is 12.4. The standard InChI is InChI=1S/C27H34FN3O3S/c1-34-21-6-8-25-23(17-21)22(10-12-29-25)24(28)7-4-19-11-15-31(18-20(19)5-9-27(32)33)14-2-3-26-30-13-16-35-26/h6,8,10,12-13,16-17,19-20,24H,2-5,7,9,11,14-15,18H2,1H3,(H,32,33)/t19-,20-,24-/m1/s1. The van der Waals surface area contributed by atoms with Crippen molar-refractivity contribution >= 4 is 28.2 Å². The Bertz CT molecular complexity index is 1090. The zero-order chi connectivity index (χ0) is 24.6. The number of thiazole rings is 1. The molecule has 35 heavy (non-hydrogen) atoms. The van der Waals surface area contributed by atoms with Gasteiger partial charge in [0.2, 0.25) is 0 Å². The van der Waals surface area contributed by atoms with E-state index in [1.807, 2.05) is 29.8 Å². The van der Waals surface area contributed by atoms with E-state index in [1.165, 1.54) is 0 Å². The third kappa shape index (κ3) is 6.98. The Labute approximate surface area is 210 Å². The van der Waals surface area contributed by atoms with Gasteiger partial charge in [0.25, 0.3) is 0 Å². The van der Waals surface area contributed by atoms with Crippen LogP contribution in [0.5, 0.6) is 5.75 Å². The van der Waals surface area contributed by atoms with E-state index in [1.54, 1.807) is 30.7 Å². The van der Waals surface area contributed by atoms with Gasteiger partial charge in [-0.3, -0.25) is 9.78 Å². The van der Waals surface area contributed by atoms with E-state index in [9.17, 15) is 9.90 Å². The van der Waals surface area contributed by atoms with Crippen LogP contribution in [0.3, 0.4) is 0 Å². The predicted molar refractivity (Wildman–Crippen MR) is 137 cm³/mol. The lowest BCUT2D eigenvalue weighted by atomic mass is 9.79. The van der Waals surface area contributed by atoms with E-state index in [0.29, 0.717) is 30.1 Å². The number of nitrogens with zero attached hydrogens (tertiary/aromatic N) is 3. The van der Waals surface area contributed by atoms with E-state index in [2.05, 4.69) is 14.9 Å². The highest BCUT2D eigenvalue weighted by atomic mass is 32.1. The SMILES string of the molecule is COc1ccc2nccc([C@H](F)CC[C@@H]3CCN(CCCc4nccs4)C[C@H]3CCC(=O)O)c2c1. The van der Waals surface area contributed by atoms with E-state index < -0.39 is 12.1 Å². The lowest BCUT2D eigenvalue weighted by Gasteiger charge is -2.39. The number of carboxylic acid groups (broad SMARTS) is 1. The summed E-state index contributed by atoms with van der Waals surface area (Å²) in [6, 6.07) is 7.31. The highest BCUT2D eigenvalue weighted by Gasteiger charge is 2.30. The van der Waals surface area contributed by atoms with Gasteiger partial charge in [-0.25, -0.2) is 9.37 Å². The highest BCUT2D eigenvalue weighted by Crippen LogP contribution is 2.36. The first kappa shape index (κ1) is 25.5. The summed E-state index contributed by atoms with van der Waals surface area (Å²) in [5, 5.41) is 13.2. The number of aliphatic carboxylic acids is 1. The molecule has 6 nitrogen and oxygen atoms in total.